The minimum absolute atomic E-state index is 0.158. The van der Waals surface area contributed by atoms with Gasteiger partial charge >= 0.3 is 0 Å². The Labute approximate surface area is 188 Å². The van der Waals surface area contributed by atoms with Gasteiger partial charge in [0, 0.05) is 11.6 Å². The second-order valence-corrected chi connectivity index (χ2v) is 8.88. The summed E-state index contributed by atoms with van der Waals surface area (Å²) in [6.07, 6.45) is 0.794. The molecule has 0 spiro atoms. The van der Waals surface area contributed by atoms with Gasteiger partial charge in [0.15, 0.2) is 11.0 Å². The maximum atomic E-state index is 12.2. The lowest BCUT2D eigenvalue weighted by Crippen LogP contribution is -2.14. The summed E-state index contributed by atoms with van der Waals surface area (Å²) in [6.45, 7) is 8.84. The Kier molecular flexibility index (Phi) is 7.68. The predicted octanol–water partition coefficient (Wildman–Crippen LogP) is 4.29. The summed E-state index contributed by atoms with van der Waals surface area (Å²) in [7, 11) is 0. The first-order valence-electron chi connectivity index (χ1n) is 9.47. The number of anilines is 1. The summed E-state index contributed by atoms with van der Waals surface area (Å²) in [6, 6.07) is 3.80. The monoisotopic (exact) mass is 466 g/mol. The highest BCUT2D eigenvalue weighted by atomic mass is 35.5. The molecule has 11 heteroatoms. The molecule has 30 heavy (non-hydrogen) atoms. The zero-order valence-electron chi connectivity index (χ0n) is 17.2. The fraction of sp³-hybridized carbons (Fsp3) is 0.421. The third-order valence-corrected chi connectivity index (χ3v) is 6.78. The lowest BCUT2D eigenvalue weighted by atomic mass is 10.1. The van der Waals surface area contributed by atoms with E-state index in [0.29, 0.717) is 22.7 Å². The minimum Gasteiger partial charge on any atom is -0.486 e. The van der Waals surface area contributed by atoms with E-state index in [0.717, 1.165) is 33.3 Å². The number of rotatable bonds is 9. The molecule has 8 nitrogen and oxygen atoms in total. The summed E-state index contributed by atoms with van der Waals surface area (Å²) in [5.74, 6) is 1.48. The molecule has 160 valence electrons. The molecular weight excluding hydrogens is 444 g/mol. The third kappa shape index (κ3) is 5.50. The van der Waals surface area contributed by atoms with E-state index in [1.165, 1.54) is 23.1 Å². The van der Waals surface area contributed by atoms with Crippen molar-refractivity contribution in [3.05, 3.63) is 39.1 Å². The van der Waals surface area contributed by atoms with Gasteiger partial charge in [-0.25, -0.2) is 0 Å². The van der Waals surface area contributed by atoms with E-state index in [-0.39, 0.29) is 18.3 Å². The SMILES string of the molecule is CCc1nnc(NC(=O)CSc2nnc(COc3cc(C)c(Cl)c(C)c3)n2CC)s1. The number of hydrogen-bond acceptors (Lipinski definition) is 8. The number of nitrogens with one attached hydrogen (secondary N) is 1. The van der Waals surface area contributed by atoms with Crippen LogP contribution < -0.4 is 10.1 Å². The second kappa shape index (κ2) is 10.2. The molecule has 2 heterocycles. The number of carbonyl (C=O) groups excluding carboxylic acids is 1. The molecule has 1 aromatic carbocycles. The molecule has 0 atom stereocenters. The first-order valence-corrected chi connectivity index (χ1v) is 11.7. The highest BCUT2D eigenvalue weighted by Gasteiger charge is 2.15. The van der Waals surface area contributed by atoms with Gasteiger partial charge < -0.3 is 9.30 Å². The van der Waals surface area contributed by atoms with E-state index in [2.05, 4.69) is 25.7 Å². The molecule has 1 N–H and O–H groups in total. The van der Waals surface area contributed by atoms with E-state index in [4.69, 9.17) is 16.3 Å². The van der Waals surface area contributed by atoms with Crippen molar-refractivity contribution in [2.75, 3.05) is 11.1 Å². The fourth-order valence-corrected chi connectivity index (χ4v) is 4.35. The summed E-state index contributed by atoms with van der Waals surface area (Å²) in [4.78, 5) is 12.2. The summed E-state index contributed by atoms with van der Waals surface area (Å²) in [5.41, 5.74) is 1.93. The highest BCUT2D eigenvalue weighted by molar-refractivity contribution is 7.99. The van der Waals surface area contributed by atoms with E-state index in [1.54, 1.807) is 0 Å². The van der Waals surface area contributed by atoms with E-state index in [1.807, 2.05) is 44.4 Å². The van der Waals surface area contributed by atoms with Crippen molar-refractivity contribution in [3.63, 3.8) is 0 Å². The van der Waals surface area contributed by atoms with Crippen LogP contribution >= 0.6 is 34.7 Å². The smallest absolute Gasteiger partial charge is 0.236 e. The number of nitrogens with zero attached hydrogens (tertiary/aromatic N) is 5. The van der Waals surface area contributed by atoms with Gasteiger partial charge in [-0.05, 0) is 50.5 Å². The maximum absolute atomic E-state index is 12.2. The molecule has 0 radical (unpaired) electrons. The van der Waals surface area contributed by atoms with Crippen LogP contribution in [0.15, 0.2) is 17.3 Å². The first-order chi connectivity index (χ1) is 14.4. The van der Waals surface area contributed by atoms with Crippen LogP contribution in [0.3, 0.4) is 0 Å². The number of aromatic nitrogens is 5. The van der Waals surface area contributed by atoms with Gasteiger partial charge in [-0.2, -0.15) is 0 Å². The van der Waals surface area contributed by atoms with Crippen molar-refractivity contribution in [2.24, 2.45) is 0 Å². The maximum Gasteiger partial charge on any atom is 0.236 e. The Hall–Kier alpha value is -2.17. The number of aryl methyl sites for hydroxylation is 3. The van der Waals surface area contributed by atoms with Gasteiger partial charge in [-0.1, -0.05) is 41.6 Å². The summed E-state index contributed by atoms with van der Waals surface area (Å²) >= 11 is 8.92. The largest absolute Gasteiger partial charge is 0.486 e. The molecule has 0 aliphatic carbocycles. The molecule has 0 unspecified atom stereocenters. The van der Waals surface area contributed by atoms with Crippen molar-refractivity contribution in [1.29, 1.82) is 0 Å². The number of ether oxygens (including phenoxy) is 1. The number of amides is 1. The predicted molar refractivity (Wildman–Crippen MR) is 120 cm³/mol. The van der Waals surface area contributed by atoms with Crippen LogP contribution in [0.4, 0.5) is 5.13 Å². The normalized spacial score (nSPS) is 11.0. The van der Waals surface area contributed by atoms with Crippen LogP contribution in [0.5, 0.6) is 5.75 Å². The third-order valence-electron chi connectivity index (χ3n) is 4.24. The topological polar surface area (TPSA) is 94.8 Å². The Balaban J connectivity index is 1.59. The lowest BCUT2D eigenvalue weighted by molar-refractivity contribution is -0.113. The van der Waals surface area contributed by atoms with Gasteiger partial charge in [0.2, 0.25) is 11.0 Å². The van der Waals surface area contributed by atoms with Gasteiger partial charge in [0.25, 0.3) is 0 Å². The highest BCUT2D eigenvalue weighted by Crippen LogP contribution is 2.26. The first kappa shape index (κ1) is 22.5. The number of thioether (sulfide) groups is 1. The molecule has 1 amide bonds. The fourth-order valence-electron chi connectivity index (χ4n) is 2.72. The average Bonchev–Trinajstić information content (AvgIpc) is 3.34. The summed E-state index contributed by atoms with van der Waals surface area (Å²) < 4.78 is 7.84. The van der Waals surface area contributed by atoms with Crippen molar-refractivity contribution in [3.8, 4) is 5.75 Å². The number of halogens is 1. The molecular formula is C19H23ClN6O2S2. The molecule has 0 bridgehead atoms. The van der Waals surface area contributed by atoms with Crippen LogP contribution in [-0.4, -0.2) is 36.6 Å². The Morgan fingerprint density at radius 2 is 1.93 bits per heavy atom. The van der Waals surface area contributed by atoms with Gasteiger partial charge in [-0.3, -0.25) is 10.1 Å². The standard InChI is InChI=1S/C19H23ClN6O2S2/c1-5-16-23-24-18(30-16)21-15(27)10-29-19-25-22-14(26(19)6-2)9-28-13-7-11(3)17(20)12(4)8-13/h7-8H,5-6,9-10H2,1-4H3,(H,21,24,27). The van der Waals surface area contributed by atoms with Crippen LogP contribution in [0.25, 0.3) is 0 Å². The Morgan fingerprint density at radius 1 is 1.20 bits per heavy atom. The van der Waals surface area contributed by atoms with Crippen molar-refractivity contribution >= 4 is 45.7 Å². The molecule has 2 aromatic heterocycles. The van der Waals surface area contributed by atoms with Crippen LogP contribution in [0.1, 0.15) is 35.8 Å². The molecule has 0 fully saturated rings. The minimum atomic E-state index is -0.158. The molecule has 0 aliphatic heterocycles. The van der Waals surface area contributed by atoms with Crippen molar-refractivity contribution < 1.29 is 9.53 Å². The van der Waals surface area contributed by atoms with E-state index >= 15 is 0 Å². The average molecular weight is 467 g/mol. The quantitative estimate of drug-likeness (QED) is 0.470. The van der Waals surface area contributed by atoms with Crippen LogP contribution in [0.2, 0.25) is 5.02 Å². The lowest BCUT2D eigenvalue weighted by Gasteiger charge is -2.11. The Bertz CT molecular complexity index is 1010. The molecule has 3 aromatic rings. The van der Waals surface area contributed by atoms with E-state index < -0.39 is 0 Å². The van der Waals surface area contributed by atoms with Crippen LogP contribution in [0, 0.1) is 13.8 Å². The molecule has 0 saturated heterocycles. The molecule has 0 saturated carbocycles. The van der Waals surface area contributed by atoms with Crippen molar-refractivity contribution in [2.45, 2.75) is 52.4 Å². The molecule has 3 rings (SSSR count). The zero-order chi connectivity index (χ0) is 21.7. The van der Waals surface area contributed by atoms with Gasteiger partial charge in [0.1, 0.15) is 17.4 Å². The van der Waals surface area contributed by atoms with Crippen molar-refractivity contribution in [1.82, 2.24) is 25.0 Å². The number of benzene rings is 1. The summed E-state index contributed by atoms with van der Waals surface area (Å²) in [5, 5.41) is 22.0. The number of hydrogen-bond donors (Lipinski definition) is 1. The van der Waals surface area contributed by atoms with E-state index in [9.17, 15) is 4.79 Å². The number of carbonyl (C=O) groups is 1. The van der Waals surface area contributed by atoms with Gasteiger partial charge in [0.05, 0.1) is 5.75 Å². The zero-order valence-corrected chi connectivity index (χ0v) is 19.6. The van der Waals surface area contributed by atoms with Gasteiger partial charge in [-0.15, -0.1) is 20.4 Å². The second-order valence-electron chi connectivity index (χ2n) is 6.49. The molecule has 0 aliphatic rings. The van der Waals surface area contributed by atoms with Crippen LogP contribution in [-0.2, 0) is 24.4 Å². The Morgan fingerprint density at radius 3 is 2.57 bits per heavy atom.